The summed E-state index contributed by atoms with van der Waals surface area (Å²) < 4.78 is 89.7. The first-order valence-electron chi connectivity index (χ1n) is 27.8. The molecule has 5 fully saturated rings. The normalized spacial score (nSPS) is 31.6. The second-order valence-corrected chi connectivity index (χ2v) is 20.7. The third-order valence-electron chi connectivity index (χ3n) is 15.1. The number of carbonyl (C=O) groups excluding carboxylic acids is 2. The molecule has 81 heavy (non-hydrogen) atoms. The van der Waals surface area contributed by atoms with Crippen molar-refractivity contribution in [3.05, 3.63) is 215 Å². The number of benzene rings is 6. The van der Waals surface area contributed by atoms with Gasteiger partial charge in [-0.2, -0.15) is 0 Å². The zero-order valence-corrected chi connectivity index (χ0v) is 45.3. The average Bonchev–Trinajstić information content (AvgIpc) is 3.70. The first-order valence-corrected chi connectivity index (χ1v) is 27.8. The van der Waals surface area contributed by atoms with Crippen LogP contribution in [0.3, 0.4) is 0 Å². The largest absolute Gasteiger partial charge is 0.368 e. The van der Waals surface area contributed by atoms with Crippen LogP contribution in [0.5, 0.6) is 0 Å². The molecule has 2 amide bonds. The Morgan fingerprint density at radius 1 is 0.469 bits per heavy atom. The van der Waals surface area contributed by atoms with E-state index in [-0.39, 0.29) is 52.6 Å². The van der Waals surface area contributed by atoms with Gasteiger partial charge in [-0.25, -0.2) is 0 Å². The lowest BCUT2D eigenvalue weighted by Gasteiger charge is -2.52. The van der Waals surface area contributed by atoms with Crippen molar-refractivity contribution in [1.82, 2.24) is 10.6 Å². The Hall–Kier alpha value is -6.26. The predicted octanol–water partition coefficient (Wildman–Crippen LogP) is 7.64. The standard InChI is InChI=1S/C64H70N2O15/c1-41-51(70-35-42-21-9-3-10-22-42)56-59(74-39-46-29-17-7-18-30-46)63(76-41)79-53-50(62(69-2)77-48-40-75-61(78-52(48)53)47-31-19-8-20-32-47)66-49(67)33-34-65-60(68)57-54(71-36-43-23-11-4-12-24-43)55(72-37-44-25-13-5-14-26-44)58(64(80-56)81-57)73-38-45-27-15-6-16-28-45/h3-32,41,48,50-59,61-64H,33-40H2,1-2H3,(H,65,68)(H,66,67)/t41-,48+,50+,51-,52+,53+,54+,55+,56+,57+,58+,59+,61+,62+,63-,64+/m0/s1. The van der Waals surface area contributed by atoms with Crippen molar-refractivity contribution in [1.29, 1.82) is 0 Å². The quantitative estimate of drug-likeness (QED) is 0.0910. The molecule has 5 aliphatic rings. The van der Waals surface area contributed by atoms with Gasteiger partial charge >= 0.3 is 0 Å². The highest BCUT2D eigenvalue weighted by molar-refractivity contribution is 5.83. The lowest BCUT2D eigenvalue weighted by molar-refractivity contribution is -0.393. The van der Waals surface area contributed by atoms with Gasteiger partial charge in [0.1, 0.15) is 61.0 Å². The fourth-order valence-electron chi connectivity index (χ4n) is 11.0. The number of amides is 2. The maximum absolute atomic E-state index is 15.1. The van der Waals surface area contributed by atoms with Crippen LogP contribution in [0.4, 0.5) is 0 Å². The molecular formula is C64H70N2O15. The molecule has 17 nitrogen and oxygen atoms in total. The lowest BCUT2D eigenvalue weighted by Crippen LogP contribution is -2.70. The molecule has 0 saturated carbocycles. The minimum absolute atomic E-state index is 0.0815. The number of nitrogens with one attached hydrogen (secondary N) is 2. The van der Waals surface area contributed by atoms with E-state index in [0.717, 1.165) is 33.4 Å². The van der Waals surface area contributed by atoms with E-state index in [2.05, 4.69) is 10.6 Å². The molecule has 426 valence electrons. The van der Waals surface area contributed by atoms with Crippen LogP contribution >= 0.6 is 0 Å². The Balaban J connectivity index is 1.04. The minimum atomic E-state index is -1.38. The molecule has 0 unspecified atom stereocenters. The molecule has 5 saturated heterocycles. The van der Waals surface area contributed by atoms with Crippen molar-refractivity contribution in [2.24, 2.45) is 0 Å². The summed E-state index contributed by atoms with van der Waals surface area (Å²) in [5.74, 6) is -0.995. The summed E-state index contributed by atoms with van der Waals surface area (Å²) in [7, 11) is 1.50. The summed E-state index contributed by atoms with van der Waals surface area (Å²) in [6, 6.07) is 57.2. The van der Waals surface area contributed by atoms with E-state index in [9.17, 15) is 4.79 Å². The van der Waals surface area contributed by atoms with E-state index in [1.54, 1.807) is 0 Å². The smallest absolute Gasteiger partial charge is 0.252 e. The van der Waals surface area contributed by atoms with E-state index >= 15 is 4.79 Å². The van der Waals surface area contributed by atoms with E-state index in [0.29, 0.717) is 0 Å². The van der Waals surface area contributed by atoms with Crippen molar-refractivity contribution in [3.8, 4) is 0 Å². The monoisotopic (exact) mass is 1110 g/mol. The van der Waals surface area contributed by atoms with Crippen LogP contribution in [-0.2, 0) is 104 Å². The summed E-state index contributed by atoms with van der Waals surface area (Å²) in [4.78, 5) is 29.6. The van der Waals surface area contributed by atoms with Crippen LogP contribution in [0.2, 0.25) is 0 Å². The molecule has 5 heterocycles. The Morgan fingerprint density at radius 3 is 1.46 bits per heavy atom. The molecule has 6 aromatic rings. The predicted molar refractivity (Wildman–Crippen MR) is 293 cm³/mol. The van der Waals surface area contributed by atoms with Gasteiger partial charge in [0, 0.05) is 25.6 Å². The van der Waals surface area contributed by atoms with Gasteiger partial charge in [0.2, 0.25) is 5.91 Å². The van der Waals surface area contributed by atoms with Gasteiger partial charge < -0.3 is 72.2 Å². The summed E-state index contributed by atoms with van der Waals surface area (Å²) >= 11 is 0. The van der Waals surface area contributed by atoms with Gasteiger partial charge in [-0.3, -0.25) is 9.59 Å². The van der Waals surface area contributed by atoms with Crippen LogP contribution in [0.1, 0.15) is 53.0 Å². The molecule has 11 rings (SSSR count). The average molecular weight is 1110 g/mol. The highest BCUT2D eigenvalue weighted by atomic mass is 16.8. The second-order valence-electron chi connectivity index (χ2n) is 20.7. The highest BCUT2D eigenvalue weighted by Crippen LogP contribution is 2.41. The van der Waals surface area contributed by atoms with Gasteiger partial charge in [-0.15, -0.1) is 0 Å². The van der Waals surface area contributed by atoms with Gasteiger partial charge in [0.25, 0.3) is 5.91 Å². The molecule has 2 N–H and O–H groups in total. The van der Waals surface area contributed by atoms with Crippen LogP contribution in [-0.4, -0.2) is 124 Å². The van der Waals surface area contributed by atoms with Crippen molar-refractivity contribution in [2.45, 2.75) is 145 Å². The Bertz CT molecular complexity index is 2870. The zero-order chi connectivity index (χ0) is 55.3. The maximum atomic E-state index is 15.1. The molecule has 16 atom stereocenters. The van der Waals surface area contributed by atoms with Gasteiger partial charge in [0.15, 0.2) is 31.3 Å². The van der Waals surface area contributed by atoms with Crippen LogP contribution in [0.15, 0.2) is 182 Å². The number of rotatable bonds is 17. The number of hydrogen-bond donors (Lipinski definition) is 2. The molecule has 0 spiro atoms. The second kappa shape index (κ2) is 27.7. The molecule has 0 radical (unpaired) electrons. The molecule has 4 bridgehead atoms. The highest BCUT2D eigenvalue weighted by Gasteiger charge is 2.58. The van der Waals surface area contributed by atoms with Gasteiger partial charge in [0.05, 0.1) is 45.7 Å². The third-order valence-corrected chi connectivity index (χ3v) is 15.1. The van der Waals surface area contributed by atoms with E-state index in [4.69, 9.17) is 61.6 Å². The fraction of sp³-hybridized carbons (Fsp3) is 0.406. The number of hydrogen-bond acceptors (Lipinski definition) is 15. The van der Waals surface area contributed by atoms with Gasteiger partial charge in [-0.1, -0.05) is 182 Å². The van der Waals surface area contributed by atoms with Crippen LogP contribution < -0.4 is 10.6 Å². The van der Waals surface area contributed by atoms with Crippen molar-refractivity contribution in [3.63, 3.8) is 0 Å². The third kappa shape index (κ3) is 14.2. The fourth-order valence-corrected chi connectivity index (χ4v) is 11.0. The molecular weight excluding hydrogens is 1040 g/mol. The SMILES string of the molecule is CO[C@@H]1O[C@@H]2CO[C@@H](c3ccccc3)O[C@H]2[C@@H]2O[C@@H]3O[C@@H](C)[C@H](OCc4ccccc4)[C@@H](O[C@@H]4O[C@@H](C(=O)NCCC(=O)N[C@@H]12)[C@H](OCc1ccccc1)[C@@H](OCc1ccccc1)[C@H]4OCc1ccccc1)[C@H]3OCc1ccccc1. The topological polar surface area (TPSA) is 178 Å². The Labute approximate surface area is 472 Å². The number of ether oxygens (including phenoxy) is 13. The van der Waals surface area contributed by atoms with Crippen LogP contribution in [0.25, 0.3) is 0 Å². The number of methoxy groups -OCH3 is 1. The van der Waals surface area contributed by atoms with Crippen molar-refractivity contribution < 1.29 is 71.2 Å². The van der Waals surface area contributed by atoms with E-state index < -0.39 is 110 Å². The summed E-state index contributed by atoms with van der Waals surface area (Å²) in [6.07, 6.45) is -15.6. The van der Waals surface area contributed by atoms with Crippen molar-refractivity contribution >= 4 is 11.8 Å². The first kappa shape index (κ1) is 56.6. The molecule has 17 heteroatoms. The van der Waals surface area contributed by atoms with Crippen LogP contribution in [0, 0.1) is 0 Å². The Morgan fingerprint density at radius 2 is 0.926 bits per heavy atom. The number of carbonyl (C=O) groups is 2. The summed E-state index contributed by atoms with van der Waals surface area (Å²) in [5, 5.41) is 6.14. The minimum Gasteiger partial charge on any atom is -0.368 e. The molecule has 0 aromatic heterocycles. The summed E-state index contributed by atoms with van der Waals surface area (Å²) in [6.45, 7) is 2.48. The Kier molecular flexibility index (Phi) is 19.3. The van der Waals surface area contributed by atoms with E-state index in [1.165, 1.54) is 7.11 Å². The lowest BCUT2D eigenvalue weighted by atomic mass is 9.93. The molecule has 6 aromatic carbocycles. The number of fused-ring (bicyclic) bond motifs is 7. The molecule has 0 aliphatic carbocycles. The first-order chi connectivity index (χ1) is 39.8. The zero-order valence-electron chi connectivity index (χ0n) is 45.3. The van der Waals surface area contributed by atoms with Gasteiger partial charge in [-0.05, 0) is 34.7 Å². The van der Waals surface area contributed by atoms with Crippen molar-refractivity contribution in [2.75, 3.05) is 20.3 Å². The molecule has 5 aliphatic heterocycles. The summed E-state index contributed by atoms with van der Waals surface area (Å²) in [5.41, 5.74) is 5.15. The van der Waals surface area contributed by atoms with E-state index in [1.807, 2.05) is 189 Å². The maximum Gasteiger partial charge on any atom is 0.252 e.